The van der Waals surface area contributed by atoms with Crippen molar-refractivity contribution < 1.29 is 4.79 Å². The van der Waals surface area contributed by atoms with Gasteiger partial charge in [0, 0.05) is 11.3 Å². The maximum absolute atomic E-state index is 11.4. The number of ketones is 1. The van der Waals surface area contributed by atoms with Crippen LogP contribution in [0.5, 0.6) is 0 Å². The molecular weight excluding hydrogens is 244 g/mol. The minimum absolute atomic E-state index is 0.0601. The van der Waals surface area contributed by atoms with Crippen molar-refractivity contribution in [1.82, 2.24) is 9.97 Å². The van der Waals surface area contributed by atoms with E-state index in [-0.39, 0.29) is 5.78 Å². The molecule has 18 heavy (non-hydrogen) atoms. The maximum Gasteiger partial charge on any atom is 0.159 e. The van der Waals surface area contributed by atoms with Gasteiger partial charge >= 0.3 is 0 Å². The van der Waals surface area contributed by atoms with Crippen molar-refractivity contribution >= 4 is 28.6 Å². The SMILES string of the molecule is CCc1nc2cc(C(C)=O)ccc2nc1CSC. The van der Waals surface area contributed by atoms with Crippen molar-refractivity contribution in [2.45, 2.75) is 26.0 Å². The molecule has 94 valence electrons. The molecule has 0 aliphatic carbocycles. The highest BCUT2D eigenvalue weighted by Gasteiger charge is 2.08. The zero-order valence-corrected chi connectivity index (χ0v) is 11.7. The number of carbonyl (C=O) groups is 1. The third-order valence-corrected chi connectivity index (χ3v) is 3.40. The normalized spacial score (nSPS) is 10.8. The van der Waals surface area contributed by atoms with Crippen LogP contribution in [0.3, 0.4) is 0 Å². The molecule has 2 rings (SSSR count). The molecule has 0 fully saturated rings. The number of nitrogens with zero attached hydrogens (tertiary/aromatic N) is 2. The fourth-order valence-electron chi connectivity index (χ4n) is 1.88. The van der Waals surface area contributed by atoms with Gasteiger partial charge in [-0.3, -0.25) is 4.79 Å². The number of fused-ring (bicyclic) bond motifs is 1. The summed E-state index contributed by atoms with van der Waals surface area (Å²) in [7, 11) is 0. The Morgan fingerprint density at radius 3 is 2.56 bits per heavy atom. The number of benzene rings is 1. The summed E-state index contributed by atoms with van der Waals surface area (Å²) in [6.45, 7) is 3.64. The molecule has 2 aromatic rings. The van der Waals surface area contributed by atoms with Gasteiger partial charge in [-0.1, -0.05) is 6.92 Å². The van der Waals surface area contributed by atoms with E-state index in [0.29, 0.717) is 5.56 Å². The van der Waals surface area contributed by atoms with E-state index in [9.17, 15) is 4.79 Å². The Morgan fingerprint density at radius 2 is 1.94 bits per heavy atom. The molecule has 0 bridgehead atoms. The van der Waals surface area contributed by atoms with Crippen molar-refractivity contribution in [3.05, 3.63) is 35.2 Å². The molecule has 0 saturated carbocycles. The molecule has 0 atom stereocenters. The molecule has 0 radical (unpaired) electrons. The average molecular weight is 260 g/mol. The number of Topliss-reactive ketones (excluding diaryl/α,β-unsaturated/α-hetero) is 1. The van der Waals surface area contributed by atoms with Crippen LogP contribution in [0, 0.1) is 0 Å². The van der Waals surface area contributed by atoms with E-state index in [4.69, 9.17) is 0 Å². The first-order chi connectivity index (χ1) is 8.65. The second kappa shape index (κ2) is 5.48. The topological polar surface area (TPSA) is 42.9 Å². The zero-order chi connectivity index (χ0) is 13.1. The highest BCUT2D eigenvalue weighted by molar-refractivity contribution is 7.97. The first kappa shape index (κ1) is 13.0. The van der Waals surface area contributed by atoms with Crippen LogP contribution >= 0.6 is 11.8 Å². The van der Waals surface area contributed by atoms with E-state index < -0.39 is 0 Å². The molecule has 0 unspecified atom stereocenters. The summed E-state index contributed by atoms with van der Waals surface area (Å²) in [6, 6.07) is 5.52. The maximum atomic E-state index is 11.4. The van der Waals surface area contributed by atoms with Crippen molar-refractivity contribution in [2.75, 3.05) is 6.26 Å². The smallest absolute Gasteiger partial charge is 0.159 e. The van der Waals surface area contributed by atoms with E-state index in [0.717, 1.165) is 34.6 Å². The molecule has 0 aliphatic heterocycles. The third-order valence-electron chi connectivity index (χ3n) is 2.84. The quantitative estimate of drug-likeness (QED) is 0.791. The van der Waals surface area contributed by atoms with E-state index in [1.807, 2.05) is 18.2 Å². The Morgan fingerprint density at radius 1 is 1.22 bits per heavy atom. The van der Waals surface area contributed by atoms with E-state index in [2.05, 4.69) is 23.1 Å². The highest BCUT2D eigenvalue weighted by Crippen LogP contribution is 2.18. The average Bonchev–Trinajstić information content (AvgIpc) is 2.37. The lowest BCUT2D eigenvalue weighted by Crippen LogP contribution is -2.01. The van der Waals surface area contributed by atoms with Gasteiger partial charge in [-0.05, 0) is 37.8 Å². The first-order valence-electron chi connectivity index (χ1n) is 5.95. The van der Waals surface area contributed by atoms with Gasteiger partial charge in [0.15, 0.2) is 5.78 Å². The summed E-state index contributed by atoms with van der Waals surface area (Å²) in [5.74, 6) is 0.936. The molecular formula is C14H16N2OS. The summed E-state index contributed by atoms with van der Waals surface area (Å²) in [6.07, 6.45) is 2.92. The molecule has 1 heterocycles. The van der Waals surface area contributed by atoms with Gasteiger partial charge in [0.05, 0.1) is 22.4 Å². The number of carbonyl (C=O) groups excluding carboxylic acids is 1. The minimum Gasteiger partial charge on any atom is -0.295 e. The van der Waals surface area contributed by atoms with Crippen molar-refractivity contribution in [3.8, 4) is 0 Å². The van der Waals surface area contributed by atoms with E-state index >= 15 is 0 Å². The molecule has 0 aliphatic rings. The van der Waals surface area contributed by atoms with Crippen LogP contribution < -0.4 is 0 Å². The van der Waals surface area contributed by atoms with Gasteiger partial charge in [0.1, 0.15) is 0 Å². The van der Waals surface area contributed by atoms with Gasteiger partial charge in [0.2, 0.25) is 0 Å². The number of rotatable bonds is 4. The van der Waals surface area contributed by atoms with Gasteiger partial charge in [0.25, 0.3) is 0 Å². The zero-order valence-electron chi connectivity index (χ0n) is 10.9. The molecule has 0 amide bonds. The fourth-order valence-corrected chi connectivity index (χ4v) is 2.39. The van der Waals surface area contributed by atoms with Crippen LogP contribution in [0.1, 0.15) is 35.6 Å². The Labute approximate surface area is 111 Å². The molecule has 0 saturated heterocycles. The lowest BCUT2D eigenvalue weighted by molar-refractivity contribution is 0.101. The summed E-state index contributed by atoms with van der Waals surface area (Å²) in [5, 5.41) is 0. The summed E-state index contributed by atoms with van der Waals surface area (Å²) in [4.78, 5) is 20.6. The Bertz CT molecular complexity index is 596. The molecule has 3 nitrogen and oxygen atoms in total. The number of aryl methyl sites for hydroxylation is 1. The molecule has 0 N–H and O–H groups in total. The Hall–Kier alpha value is -1.42. The monoisotopic (exact) mass is 260 g/mol. The predicted molar refractivity (Wildman–Crippen MR) is 76.1 cm³/mol. The van der Waals surface area contributed by atoms with Crippen LogP contribution in [-0.4, -0.2) is 22.0 Å². The predicted octanol–water partition coefficient (Wildman–Crippen LogP) is 3.26. The van der Waals surface area contributed by atoms with Gasteiger partial charge < -0.3 is 0 Å². The summed E-state index contributed by atoms with van der Waals surface area (Å²) >= 11 is 1.74. The third kappa shape index (κ3) is 2.53. The van der Waals surface area contributed by atoms with Gasteiger partial charge in [-0.15, -0.1) is 0 Å². The fraction of sp³-hybridized carbons (Fsp3) is 0.357. The van der Waals surface area contributed by atoms with Crippen LogP contribution in [0.25, 0.3) is 11.0 Å². The number of hydrogen-bond acceptors (Lipinski definition) is 4. The van der Waals surface area contributed by atoms with Crippen molar-refractivity contribution in [2.24, 2.45) is 0 Å². The van der Waals surface area contributed by atoms with Crippen LogP contribution in [0.2, 0.25) is 0 Å². The first-order valence-corrected chi connectivity index (χ1v) is 7.34. The van der Waals surface area contributed by atoms with Crippen molar-refractivity contribution in [3.63, 3.8) is 0 Å². The highest BCUT2D eigenvalue weighted by atomic mass is 32.2. The lowest BCUT2D eigenvalue weighted by Gasteiger charge is -2.07. The largest absolute Gasteiger partial charge is 0.295 e. The van der Waals surface area contributed by atoms with Crippen LogP contribution in [0.15, 0.2) is 18.2 Å². The summed E-state index contributed by atoms with van der Waals surface area (Å²) in [5.41, 5.74) is 4.44. The van der Waals surface area contributed by atoms with E-state index in [1.165, 1.54) is 0 Å². The second-order valence-electron chi connectivity index (χ2n) is 4.16. The number of thioether (sulfide) groups is 1. The Balaban J connectivity index is 2.59. The minimum atomic E-state index is 0.0601. The second-order valence-corrected chi connectivity index (χ2v) is 5.03. The molecule has 1 aromatic heterocycles. The Kier molecular flexibility index (Phi) is 3.97. The van der Waals surface area contributed by atoms with Crippen LogP contribution in [-0.2, 0) is 12.2 Å². The number of aromatic nitrogens is 2. The molecule has 0 spiro atoms. The standard InChI is InChI=1S/C14H16N2OS/c1-4-11-14(8-18-3)16-12-6-5-10(9(2)17)7-13(12)15-11/h5-7H,4,8H2,1-3H3. The van der Waals surface area contributed by atoms with Crippen molar-refractivity contribution in [1.29, 1.82) is 0 Å². The number of hydrogen-bond donors (Lipinski definition) is 0. The lowest BCUT2D eigenvalue weighted by atomic mass is 10.1. The van der Waals surface area contributed by atoms with E-state index in [1.54, 1.807) is 18.7 Å². The summed E-state index contributed by atoms with van der Waals surface area (Å²) < 4.78 is 0. The molecule has 4 heteroatoms. The van der Waals surface area contributed by atoms with Gasteiger partial charge in [-0.25, -0.2) is 9.97 Å². The molecule has 1 aromatic carbocycles. The van der Waals surface area contributed by atoms with Crippen LogP contribution in [0.4, 0.5) is 0 Å². The van der Waals surface area contributed by atoms with Gasteiger partial charge in [-0.2, -0.15) is 11.8 Å².